The highest BCUT2D eigenvalue weighted by atomic mass is 16.4. The zero-order valence-corrected chi connectivity index (χ0v) is 13.6. The van der Waals surface area contributed by atoms with E-state index >= 15 is 0 Å². The maximum atomic E-state index is 12.7. The van der Waals surface area contributed by atoms with Crippen LogP contribution in [0.5, 0.6) is 0 Å². The number of aromatic nitrogens is 2. The Morgan fingerprint density at radius 2 is 2.00 bits per heavy atom. The number of nitrogens with zero attached hydrogens (tertiary/aromatic N) is 2. The molecule has 1 amide bonds. The fraction of sp³-hybridized carbons (Fsp3) is 0.389. The number of amides is 1. The number of nitrogens with one attached hydrogen (secondary N) is 1. The third kappa shape index (κ3) is 3.18. The monoisotopic (exact) mass is 327 g/mol. The number of aliphatic carboxylic acids is 1. The molecule has 1 aliphatic rings. The molecule has 1 aliphatic heterocycles. The number of hydrogen-bond donors (Lipinski definition) is 2. The molecule has 0 spiro atoms. The minimum absolute atomic E-state index is 0.264. The molecule has 24 heavy (non-hydrogen) atoms. The quantitative estimate of drug-likeness (QED) is 0.883. The van der Waals surface area contributed by atoms with Crippen LogP contribution in [0.3, 0.4) is 0 Å². The van der Waals surface area contributed by atoms with E-state index in [1.165, 1.54) is 0 Å². The zero-order valence-electron chi connectivity index (χ0n) is 13.6. The van der Waals surface area contributed by atoms with Crippen LogP contribution in [0.25, 0.3) is 0 Å². The van der Waals surface area contributed by atoms with Crippen LogP contribution in [-0.2, 0) is 17.8 Å². The van der Waals surface area contributed by atoms with Gasteiger partial charge in [0.1, 0.15) is 0 Å². The molecule has 2 N–H and O–H groups in total. The number of hydrogen-bond acceptors (Lipinski definition) is 3. The number of carbonyl (C=O) groups is 2. The summed E-state index contributed by atoms with van der Waals surface area (Å²) in [5.41, 5.74) is 2.27. The van der Waals surface area contributed by atoms with Crippen molar-refractivity contribution in [2.24, 2.45) is 5.92 Å². The Balaban J connectivity index is 1.86. The van der Waals surface area contributed by atoms with Crippen LogP contribution in [0.2, 0.25) is 0 Å². The first-order valence-corrected chi connectivity index (χ1v) is 8.21. The molecule has 0 bridgehead atoms. The normalized spacial score (nSPS) is 16.0. The third-order valence-corrected chi connectivity index (χ3v) is 4.56. The molecule has 2 heterocycles. The summed E-state index contributed by atoms with van der Waals surface area (Å²) in [5.74, 6) is -1.94. The summed E-state index contributed by atoms with van der Waals surface area (Å²) in [6, 6.07) is 8.61. The summed E-state index contributed by atoms with van der Waals surface area (Å²) in [7, 11) is 0. The summed E-state index contributed by atoms with van der Waals surface area (Å²) < 4.78 is 1.87. The Kier molecular flexibility index (Phi) is 4.64. The van der Waals surface area contributed by atoms with Crippen LogP contribution in [-0.4, -0.2) is 26.8 Å². The number of benzene rings is 1. The van der Waals surface area contributed by atoms with E-state index in [9.17, 15) is 14.7 Å². The second-order valence-electron chi connectivity index (χ2n) is 6.17. The van der Waals surface area contributed by atoms with Crippen molar-refractivity contribution < 1.29 is 14.7 Å². The van der Waals surface area contributed by atoms with Gasteiger partial charge in [-0.15, -0.1) is 0 Å². The van der Waals surface area contributed by atoms with Crippen LogP contribution >= 0.6 is 0 Å². The summed E-state index contributed by atoms with van der Waals surface area (Å²) in [5, 5.41) is 16.6. The van der Waals surface area contributed by atoms with Gasteiger partial charge in [-0.25, -0.2) is 0 Å². The summed E-state index contributed by atoms with van der Waals surface area (Å²) >= 11 is 0. The van der Waals surface area contributed by atoms with E-state index in [1.54, 1.807) is 13.1 Å². The smallest absolute Gasteiger partial charge is 0.308 e. The van der Waals surface area contributed by atoms with Gasteiger partial charge in [-0.3, -0.25) is 14.3 Å². The van der Waals surface area contributed by atoms with Crippen molar-refractivity contribution >= 4 is 11.9 Å². The lowest BCUT2D eigenvalue weighted by Crippen LogP contribution is -2.36. The standard InChI is InChI=1S/C18H21N3O3/c1-12(18(23)24)16(13-7-3-2-4-8-13)20-17(22)14-11-19-21-10-6-5-9-15(14)21/h2-4,7-8,11-12,16H,5-6,9-10H2,1H3,(H,20,22)(H,23,24). The Labute approximate surface area is 140 Å². The second-order valence-corrected chi connectivity index (χ2v) is 6.17. The molecule has 2 unspecified atom stereocenters. The molecule has 126 valence electrons. The van der Waals surface area contributed by atoms with Crippen molar-refractivity contribution in [3.8, 4) is 0 Å². The van der Waals surface area contributed by atoms with Gasteiger partial charge < -0.3 is 10.4 Å². The molecule has 0 aliphatic carbocycles. The van der Waals surface area contributed by atoms with E-state index < -0.39 is 17.9 Å². The van der Waals surface area contributed by atoms with Crippen LogP contribution in [0, 0.1) is 5.92 Å². The molecule has 0 saturated carbocycles. The van der Waals surface area contributed by atoms with Crippen molar-refractivity contribution in [3.63, 3.8) is 0 Å². The van der Waals surface area contributed by atoms with E-state index in [1.807, 2.05) is 35.0 Å². The SMILES string of the molecule is CC(C(=O)O)C(NC(=O)c1cnn2c1CCCC2)c1ccccc1. The van der Waals surface area contributed by atoms with Gasteiger partial charge in [0.05, 0.1) is 29.4 Å². The summed E-state index contributed by atoms with van der Waals surface area (Å²) in [6.45, 7) is 2.43. The van der Waals surface area contributed by atoms with Gasteiger partial charge in [-0.05, 0) is 31.7 Å². The molecule has 6 heteroatoms. The van der Waals surface area contributed by atoms with Crippen LogP contribution in [0.1, 0.15) is 47.4 Å². The molecule has 2 aromatic rings. The van der Waals surface area contributed by atoms with Gasteiger partial charge >= 0.3 is 5.97 Å². The van der Waals surface area contributed by atoms with Gasteiger partial charge in [-0.2, -0.15) is 5.10 Å². The first-order valence-electron chi connectivity index (χ1n) is 8.21. The Hall–Kier alpha value is -2.63. The summed E-state index contributed by atoms with van der Waals surface area (Å²) in [4.78, 5) is 24.2. The van der Waals surface area contributed by atoms with E-state index in [0.717, 1.165) is 37.1 Å². The van der Waals surface area contributed by atoms with E-state index in [2.05, 4.69) is 10.4 Å². The molecular formula is C18H21N3O3. The van der Waals surface area contributed by atoms with Gasteiger partial charge in [0.2, 0.25) is 0 Å². The van der Waals surface area contributed by atoms with E-state index in [0.29, 0.717) is 5.56 Å². The minimum atomic E-state index is -0.943. The highest BCUT2D eigenvalue weighted by Gasteiger charge is 2.29. The number of carboxylic acids is 1. The van der Waals surface area contributed by atoms with Gasteiger partial charge in [0.25, 0.3) is 5.91 Å². The maximum absolute atomic E-state index is 12.7. The lowest BCUT2D eigenvalue weighted by atomic mass is 9.94. The lowest BCUT2D eigenvalue weighted by Gasteiger charge is -2.23. The fourth-order valence-electron chi connectivity index (χ4n) is 3.13. The maximum Gasteiger partial charge on any atom is 0.308 e. The van der Waals surface area contributed by atoms with E-state index in [-0.39, 0.29) is 5.91 Å². The van der Waals surface area contributed by atoms with Gasteiger partial charge in [-0.1, -0.05) is 30.3 Å². The highest BCUT2D eigenvalue weighted by Crippen LogP contribution is 2.24. The van der Waals surface area contributed by atoms with Crippen molar-refractivity contribution in [1.82, 2.24) is 15.1 Å². The van der Waals surface area contributed by atoms with Crippen LogP contribution in [0.4, 0.5) is 0 Å². The molecule has 1 aromatic heterocycles. The number of fused-ring (bicyclic) bond motifs is 1. The van der Waals surface area contributed by atoms with Gasteiger partial charge in [0.15, 0.2) is 0 Å². The van der Waals surface area contributed by atoms with Crippen molar-refractivity contribution in [1.29, 1.82) is 0 Å². The topological polar surface area (TPSA) is 84.2 Å². The Morgan fingerprint density at radius 1 is 1.25 bits per heavy atom. The molecule has 6 nitrogen and oxygen atoms in total. The fourth-order valence-corrected chi connectivity index (χ4v) is 3.13. The summed E-state index contributed by atoms with van der Waals surface area (Å²) in [6.07, 6.45) is 4.52. The molecule has 1 aromatic carbocycles. The molecule has 0 radical (unpaired) electrons. The molecule has 0 saturated heterocycles. The Bertz CT molecular complexity index is 739. The predicted octanol–water partition coefficient (Wildman–Crippen LogP) is 2.41. The highest BCUT2D eigenvalue weighted by molar-refractivity contribution is 5.95. The van der Waals surface area contributed by atoms with Gasteiger partial charge in [0, 0.05) is 6.54 Å². The largest absolute Gasteiger partial charge is 0.481 e. The molecule has 3 rings (SSSR count). The molecular weight excluding hydrogens is 306 g/mol. The first-order chi connectivity index (χ1) is 11.6. The average molecular weight is 327 g/mol. The number of carbonyl (C=O) groups excluding carboxylic acids is 1. The predicted molar refractivity (Wildman–Crippen MR) is 88.6 cm³/mol. The molecule has 2 atom stereocenters. The minimum Gasteiger partial charge on any atom is -0.481 e. The van der Waals surface area contributed by atoms with Crippen molar-refractivity contribution in [2.75, 3.05) is 0 Å². The zero-order chi connectivity index (χ0) is 17.1. The Morgan fingerprint density at radius 3 is 2.71 bits per heavy atom. The average Bonchev–Trinajstić information content (AvgIpc) is 3.04. The van der Waals surface area contributed by atoms with Crippen molar-refractivity contribution in [3.05, 3.63) is 53.3 Å². The number of rotatable bonds is 5. The van der Waals surface area contributed by atoms with Crippen LogP contribution in [0.15, 0.2) is 36.5 Å². The number of aryl methyl sites for hydroxylation is 1. The van der Waals surface area contributed by atoms with Crippen LogP contribution < -0.4 is 5.32 Å². The first kappa shape index (κ1) is 16.2. The third-order valence-electron chi connectivity index (χ3n) is 4.56. The molecule has 0 fully saturated rings. The second kappa shape index (κ2) is 6.86. The van der Waals surface area contributed by atoms with Crippen molar-refractivity contribution in [2.45, 2.75) is 38.8 Å². The van der Waals surface area contributed by atoms with E-state index in [4.69, 9.17) is 0 Å². The number of carboxylic acid groups (broad SMARTS) is 1. The lowest BCUT2D eigenvalue weighted by molar-refractivity contribution is -0.142.